The van der Waals surface area contributed by atoms with Gasteiger partial charge in [-0.05, 0) is 43.2 Å². The van der Waals surface area contributed by atoms with Crippen molar-refractivity contribution in [3.63, 3.8) is 0 Å². The second kappa shape index (κ2) is 8.01. The average Bonchev–Trinajstić information content (AvgIpc) is 2.55. The first-order valence-corrected chi connectivity index (χ1v) is 9.66. The molecule has 0 aliphatic rings. The highest BCUT2D eigenvalue weighted by molar-refractivity contribution is 7.92. The number of ether oxygens (including phenoxy) is 1. The molecule has 138 valence electrons. The van der Waals surface area contributed by atoms with Crippen molar-refractivity contribution in [1.82, 2.24) is 0 Å². The van der Waals surface area contributed by atoms with Crippen molar-refractivity contribution in [2.24, 2.45) is 0 Å². The number of carbonyl (C=O) groups is 2. The molecule has 1 amide bonds. The van der Waals surface area contributed by atoms with Crippen molar-refractivity contribution in [1.29, 1.82) is 0 Å². The smallest absolute Gasteiger partial charge is 0.338 e. The Labute approximate surface area is 152 Å². The molecule has 0 saturated carbocycles. The quantitative estimate of drug-likeness (QED) is 0.754. The van der Waals surface area contributed by atoms with Crippen LogP contribution in [0.1, 0.15) is 21.5 Å². The monoisotopic (exact) mass is 376 g/mol. The maximum atomic E-state index is 12.1. The summed E-state index contributed by atoms with van der Waals surface area (Å²) in [4.78, 5) is 24.1. The van der Waals surface area contributed by atoms with E-state index in [4.69, 9.17) is 4.74 Å². The normalized spacial score (nSPS) is 10.9. The summed E-state index contributed by atoms with van der Waals surface area (Å²) in [5.74, 6) is -1.18. The van der Waals surface area contributed by atoms with Crippen molar-refractivity contribution < 1.29 is 22.7 Å². The minimum Gasteiger partial charge on any atom is -0.452 e. The first-order valence-electron chi connectivity index (χ1n) is 7.77. The summed E-state index contributed by atoms with van der Waals surface area (Å²) in [5.41, 5.74) is 2.88. The van der Waals surface area contributed by atoms with Gasteiger partial charge in [0.05, 0.1) is 11.8 Å². The molecule has 0 saturated heterocycles. The van der Waals surface area contributed by atoms with Crippen LogP contribution >= 0.6 is 0 Å². The Hall–Kier alpha value is -2.87. The van der Waals surface area contributed by atoms with E-state index in [0.29, 0.717) is 5.69 Å². The Morgan fingerprint density at radius 3 is 2.27 bits per heavy atom. The molecular formula is C18H20N2O5S. The SMILES string of the molecule is Cc1cccc(C)c1NC(=O)COC(=O)c1cccc(NS(C)(=O)=O)c1. The molecule has 0 bridgehead atoms. The zero-order valence-corrected chi connectivity index (χ0v) is 15.5. The number of amides is 1. The van der Waals surface area contributed by atoms with Crippen molar-refractivity contribution in [3.8, 4) is 0 Å². The third kappa shape index (κ3) is 5.59. The lowest BCUT2D eigenvalue weighted by Crippen LogP contribution is -2.22. The van der Waals surface area contributed by atoms with Gasteiger partial charge in [-0.15, -0.1) is 0 Å². The highest BCUT2D eigenvalue weighted by Crippen LogP contribution is 2.19. The zero-order valence-electron chi connectivity index (χ0n) is 14.7. The van der Waals surface area contributed by atoms with Gasteiger partial charge in [0.1, 0.15) is 0 Å². The number of benzene rings is 2. The molecule has 2 aromatic carbocycles. The molecule has 0 aliphatic carbocycles. The second-order valence-corrected chi connectivity index (χ2v) is 7.59. The highest BCUT2D eigenvalue weighted by atomic mass is 32.2. The molecule has 0 unspecified atom stereocenters. The Balaban J connectivity index is 1.98. The van der Waals surface area contributed by atoms with Crippen LogP contribution in [0.5, 0.6) is 0 Å². The Kier molecular flexibility index (Phi) is 5.99. The molecule has 8 heteroatoms. The zero-order chi connectivity index (χ0) is 19.3. The Morgan fingerprint density at radius 2 is 1.65 bits per heavy atom. The van der Waals surface area contributed by atoms with Gasteiger partial charge in [0.25, 0.3) is 5.91 Å². The predicted octanol–water partition coefficient (Wildman–Crippen LogP) is 2.47. The molecule has 0 aromatic heterocycles. The molecule has 0 atom stereocenters. The second-order valence-electron chi connectivity index (χ2n) is 5.85. The van der Waals surface area contributed by atoms with E-state index in [1.54, 1.807) is 0 Å². The number of aryl methyl sites for hydroxylation is 2. The average molecular weight is 376 g/mol. The molecule has 0 radical (unpaired) electrons. The lowest BCUT2D eigenvalue weighted by atomic mass is 10.1. The predicted molar refractivity (Wildman–Crippen MR) is 99.7 cm³/mol. The number of para-hydroxylation sites is 1. The van der Waals surface area contributed by atoms with Crippen LogP contribution in [0.3, 0.4) is 0 Å². The highest BCUT2D eigenvalue weighted by Gasteiger charge is 2.13. The molecule has 0 aliphatic heterocycles. The minimum absolute atomic E-state index is 0.138. The summed E-state index contributed by atoms with van der Waals surface area (Å²) in [5, 5.41) is 2.72. The summed E-state index contributed by atoms with van der Waals surface area (Å²) in [7, 11) is -3.45. The topological polar surface area (TPSA) is 102 Å². The summed E-state index contributed by atoms with van der Waals surface area (Å²) in [6.07, 6.45) is 1.01. The molecule has 7 nitrogen and oxygen atoms in total. The van der Waals surface area contributed by atoms with Crippen LogP contribution in [0.15, 0.2) is 42.5 Å². The van der Waals surface area contributed by atoms with Crippen molar-refractivity contribution in [3.05, 3.63) is 59.2 Å². The van der Waals surface area contributed by atoms with Gasteiger partial charge in [-0.25, -0.2) is 13.2 Å². The van der Waals surface area contributed by atoms with E-state index in [2.05, 4.69) is 10.0 Å². The van der Waals surface area contributed by atoms with Crippen LogP contribution in [0, 0.1) is 13.8 Å². The fraction of sp³-hybridized carbons (Fsp3) is 0.222. The van der Waals surface area contributed by atoms with Gasteiger partial charge >= 0.3 is 5.97 Å². The van der Waals surface area contributed by atoms with Crippen LogP contribution in [0.2, 0.25) is 0 Å². The van der Waals surface area contributed by atoms with Crippen molar-refractivity contribution in [2.45, 2.75) is 13.8 Å². The Bertz CT molecular complexity index is 918. The van der Waals surface area contributed by atoms with E-state index in [9.17, 15) is 18.0 Å². The summed E-state index contributed by atoms with van der Waals surface area (Å²) in [6.45, 7) is 3.29. The van der Waals surface area contributed by atoms with Gasteiger partial charge in [0.2, 0.25) is 10.0 Å². The van der Waals surface area contributed by atoms with E-state index in [1.807, 2.05) is 32.0 Å². The van der Waals surface area contributed by atoms with Crippen LogP contribution in [-0.2, 0) is 19.6 Å². The van der Waals surface area contributed by atoms with Gasteiger partial charge in [-0.3, -0.25) is 9.52 Å². The molecule has 0 fully saturated rings. The first kappa shape index (κ1) is 19.5. The number of sulfonamides is 1. The molecule has 2 aromatic rings. The maximum Gasteiger partial charge on any atom is 0.338 e. The summed E-state index contributed by atoms with van der Waals surface area (Å²) in [6, 6.07) is 11.5. The summed E-state index contributed by atoms with van der Waals surface area (Å²) >= 11 is 0. The summed E-state index contributed by atoms with van der Waals surface area (Å²) < 4.78 is 29.8. The van der Waals surface area contributed by atoms with E-state index >= 15 is 0 Å². The lowest BCUT2D eigenvalue weighted by molar-refractivity contribution is -0.119. The molecule has 26 heavy (non-hydrogen) atoms. The fourth-order valence-corrected chi connectivity index (χ4v) is 2.88. The van der Waals surface area contributed by atoms with E-state index in [-0.39, 0.29) is 11.3 Å². The van der Waals surface area contributed by atoms with Crippen LogP contribution in [0.4, 0.5) is 11.4 Å². The van der Waals surface area contributed by atoms with E-state index in [0.717, 1.165) is 17.4 Å². The molecule has 0 spiro atoms. The number of hydrogen-bond donors (Lipinski definition) is 2. The molecule has 0 heterocycles. The van der Waals surface area contributed by atoms with Crippen LogP contribution < -0.4 is 10.0 Å². The van der Waals surface area contributed by atoms with E-state index in [1.165, 1.54) is 24.3 Å². The number of esters is 1. The van der Waals surface area contributed by atoms with Crippen molar-refractivity contribution in [2.75, 3.05) is 22.9 Å². The standard InChI is InChI=1S/C18H20N2O5S/c1-12-6-4-7-13(2)17(12)19-16(21)11-25-18(22)14-8-5-9-15(10-14)20-26(3,23)24/h4-10,20H,11H2,1-3H3,(H,19,21). The number of nitrogens with one attached hydrogen (secondary N) is 2. The van der Waals surface area contributed by atoms with Gasteiger partial charge < -0.3 is 10.1 Å². The molecule has 2 rings (SSSR count). The van der Waals surface area contributed by atoms with Crippen LogP contribution in [0.25, 0.3) is 0 Å². The fourth-order valence-electron chi connectivity index (χ4n) is 2.33. The number of rotatable bonds is 6. The lowest BCUT2D eigenvalue weighted by Gasteiger charge is -2.12. The first-order chi connectivity index (χ1) is 12.2. The van der Waals surface area contributed by atoms with Gasteiger partial charge in [-0.2, -0.15) is 0 Å². The molecular weight excluding hydrogens is 356 g/mol. The van der Waals surface area contributed by atoms with Crippen molar-refractivity contribution >= 4 is 33.3 Å². The number of hydrogen-bond acceptors (Lipinski definition) is 5. The Morgan fingerprint density at radius 1 is 1.04 bits per heavy atom. The minimum atomic E-state index is -3.45. The van der Waals surface area contributed by atoms with Gasteiger partial charge in [0.15, 0.2) is 6.61 Å². The number of carbonyl (C=O) groups excluding carboxylic acids is 2. The maximum absolute atomic E-state index is 12.1. The third-order valence-electron chi connectivity index (χ3n) is 3.48. The molecule has 2 N–H and O–H groups in total. The number of anilines is 2. The van der Waals surface area contributed by atoms with Crippen LogP contribution in [-0.4, -0.2) is 33.2 Å². The van der Waals surface area contributed by atoms with Gasteiger partial charge in [0, 0.05) is 11.4 Å². The van der Waals surface area contributed by atoms with Gasteiger partial charge in [-0.1, -0.05) is 24.3 Å². The largest absolute Gasteiger partial charge is 0.452 e. The third-order valence-corrected chi connectivity index (χ3v) is 4.09. The van der Waals surface area contributed by atoms with E-state index < -0.39 is 28.5 Å².